The van der Waals surface area contributed by atoms with E-state index < -0.39 is 12.6 Å². The topological polar surface area (TPSA) is 49.3 Å². The third kappa shape index (κ3) is 6.82. The molecule has 1 aromatic heterocycles. The van der Waals surface area contributed by atoms with Crippen LogP contribution in [0.4, 0.5) is 13.2 Å². The van der Waals surface area contributed by atoms with Crippen LogP contribution in [0.25, 0.3) is 11.3 Å². The first-order chi connectivity index (χ1) is 12.0. The maximum atomic E-state index is 12.2. The first-order valence-electron chi connectivity index (χ1n) is 8.07. The minimum absolute atomic E-state index is 0.205. The average molecular weight is 350 g/mol. The zero-order chi connectivity index (χ0) is 18.1. The Labute approximate surface area is 145 Å². The number of aromatic nitrogens is 1. The fraction of sp³-hybridized carbons (Fsp3) is 0.333. The summed E-state index contributed by atoms with van der Waals surface area (Å²) in [6.45, 7) is 2.60. The Morgan fingerprint density at radius 1 is 1.12 bits per heavy atom. The highest BCUT2D eigenvalue weighted by Crippen LogP contribution is 2.19. The molecule has 0 radical (unpaired) electrons. The number of hydrogen-bond donors (Lipinski definition) is 2. The molecule has 1 aromatic carbocycles. The second kappa shape index (κ2) is 9.05. The van der Waals surface area contributed by atoms with Crippen LogP contribution in [0.1, 0.15) is 18.9 Å². The van der Waals surface area contributed by atoms with Gasteiger partial charge in [-0.05, 0) is 30.7 Å². The average Bonchev–Trinajstić information content (AvgIpc) is 2.60. The number of pyridine rings is 1. The summed E-state index contributed by atoms with van der Waals surface area (Å²) in [7, 11) is 0. The molecule has 0 saturated carbocycles. The normalized spacial score (nSPS) is 12.1. The molecule has 0 fully saturated rings. The van der Waals surface area contributed by atoms with E-state index in [1.807, 2.05) is 49.4 Å². The Morgan fingerprint density at radius 2 is 1.96 bits per heavy atom. The largest absolute Gasteiger partial charge is 0.390 e. The van der Waals surface area contributed by atoms with E-state index in [2.05, 4.69) is 20.6 Å². The summed E-state index contributed by atoms with van der Waals surface area (Å²) in [6.07, 6.45) is -3.35. The highest BCUT2D eigenvalue weighted by atomic mass is 19.4. The van der Waals surface area contributed by atoms with Gasteiger partial charge in [-0.1, -0.05) is 24.3 Å². The van der Waals surface area contributed by atoms with E-state index in [0.29, 0.717) is 19.0 Å². The maximum absolute atomic E-state index is 12.2. The SMILES string of the molecule is CCNC(=NCc1cccc(-c2ccccn2)c1)NCCC(F)(F)F. The lowest BCUT2D eigenvalue weighted by Crippen LogP contribution is -2.38. The molecule has 134 valence electrons. The number of guanidine groups is 1. The summed E-state index contributed by atoms with van der Waals surface area (Å²) in [5, 5.41) is 5.64. The molecular formula is C18H21F3N4. The molecule has 25 heavy (non-hydrogen) atoms. The molecule has 0 spiro atoms. The van der Waals surface area contributed by atoms with Crippen LogP contribution in [0, 0.1) is 0 Å². The van der Waals surface area contributed by atoms with Crippen molar-refractivity contribution in [3.8, 4) is 11.3 Å². The second-order valence-corrected chi connectivity index (χ2v) is 5.40. The quantitative estimate of drug-likeness (QED) is 0.616. The number of nitrogens with one attached hydrogen (secondary N) is 2. The number of aliphatic imine (C=N–C) groups is 1. The molecule has 0 atom stereocenters. The molecule has 0 aliphatic heterocycles. The van der Waals surface area contributed by atoms with Crippen molar-refractivity contribution < 1.29 is 13.2 Å². The van der Waals surface area contributed by atoms with Gasteiger partial charge in [0.25, 0.3) is 0 Å². The number of halogens is 3. The van der Waals surface area contributed by atoms with Crippen molar-refractivity contribution in [2.24, 2.45) is 4.99 Å². The van der Waals surface area contributed by atoms with E-state index in [9.17, 15) is 13.2 Å². The number of nitrogens with zero attached hydrogens (tertiary/aromatic N) is 2. The molecular weight excluding hydrogens is 329 g/mol. The fourth-order valence-electron chi connectivity index (χ4n) is 2.20. The van der Waals surface area contributed by atoms with Crippen LogP contribution in [0.5, 0.6) is 0 Å². The van der Waals surface area contributed by atoms with Gasteiger partial charge in [0.2, 0.25) is 0 Å². The van der Waals surface area contributed by atoms with E-state index in [0.717, 1.165) is 16.8 Å². The highest BCUT2D eigenvalue weighted by molar-refractivity contribution is 5.79. The molecule has 2 rings (SSSR count). The predicted octanol–water partition coefficient (Wildman–Crippen LogP) is 3.76. The van der Waals surface area contributed by atoms with E-state index >= 15 is 0 Å². The van der Waals surface area contributed by atoms with E-state index in [1.54, 1.807) is 6.20 Å². The molecule has 0 aliphatic carbocycles. The van der Waals surface area contributed by atoms with Gasteiger partial charge in [-0.15, -0.1) is 0 Å². The van der Waals surface area contributed by atoms with E-state index in [4.69, 9.17) is 0 Å². The van der Waals surface area contributed by atoms with Crippen molar-refractivity contribution in [2.75, 3.05) is 13.1 Å². The summed E-state index contributed by atoms with van der Waals surface area (Å²) in [4.78, 5) is 8.66. The van der Waals surface area contributed by atoms with Gasteiger partial charge in [-0.25, -0.2) is 4.99 Å². The summed E-state index contributed by atoms with van der Waals surface area (Å²) < 4.78 is 36.7. The molecule has 2 N–H and O–H groups in total. The fourth-order valence-corrected chi connectivity index (χ4v) is 2.20. The highest BCUT2D eigenvalue weighted by Gasteiger charge is 2.26. The lowest BCUT2D eigenvalue weighted by molar-refractivity contribution is -0.132. The Bertz CT molecular complexity index is 684. The van der Waals surface area contributed by atoms with Gasteiger partial charge in [-0.3, -0.25) is 4.98 Å². The number of hydrogen-bond acceptors (Lipinski definition) is 2. The van der Waals surface area contributed by atoms with Crippen molar-refractivity contribution in [3.63, 3.8) is 0 Å². The second-order valence-electron chi connectivity index (χ2n) is 5.40. The standard InChI is InChI=1S/C18H21F3N4/c1-2-22-17(24-11-9-18(19,20)21)25-13-14-6-5-7-15(12-14)16-8-3-4-10-23-16/h3-8,10,12H,2,9,11,13H2,1H3,(H2,22,24,25). The van der Waals surface area contributed by atoms with Crippen molar-refractivity contribution in [1.29, 1.82) is 0 Å². The molecule has 0 saturated heterocycles. The molecule has 7 heteroatoms. The van der Waals surface area contributed by atoms with Gasteiger partial charge in [0.1, 0.15) is 0 Å². The first-order valence-corrected chi connectivity index (χ1v) is 8.07. The van der Waals surface area contributed by atoms with Crippen molar-refractivity contribution in [1.82, 2.24) is 15.6 Å². The summed E-state index contributed by atoms with van der Waals surface area (Å²) in [5.74, 6) is 0.370. The summed E-state index contributed by atoms with van der Waals surface area (Å²) in [5.41, 5.74) is 2.79. The van der Waals surface area contributed by atoms with Crippen LogP contribution in [0.2, 0.25) is 0 Å². The van der Waals surface area contributed by atoms with Crippen molar-refractivity contribution >= 4 is 5.96 Å². The van der Waals surface area contributed by atoms with Gasteiger partial charge >= 0.3 is 6.18 Å². The first kappa shape index (κ1) is 18.8. The third-order valence-corrected chi connectivity index (χ3v) is 3.35. The molecule has 1 heterocycles. The van der Waals surface area contributed by atoms with Gasteiger partial charge in [-0.2, -0.15) is 13.2 Å². The van der Waals surface area contributed by atoms with Crippen LogP contribution in [-0.2, 0) is 6.54 Å². The molecule has 0 unspecified atom stereocenters. The van der Waals surface area contributed by atoms with Gasteiger partial charge in [0.15, 0.2) is 5.96 Å². The molecule has 2 aromatic rings. The third-order valence-electron chi connectivity index (χ3n) is 3.35. The smallest absolute Gasteiger partial charge is 0.357 e. The Balaban J connectivity index is 2.02. The minimum atomic E-state index is -4.18. The van der Waals surface area contributed by atoms with Crippen LogP contribution in [-0.4, -0.2) is 30.2 Å². The Morgan fingerprint density at radius 3 is 2.64 bits per heavy atom. The van der Waals surface area contributed by atoms with Gasteiger partial charge < -0.3 is 10.6 Å². The van der Waals surface area contributed by atoms with Crippen molar-refractivity contribution in [3.05, 3.63) is 54.2 Å². The lowest BCUT2D eigenvalue weighted by atomic mass is 10.1. The van der Waals surface area contributed by atoms with Crippen LogP contribution in [0.3, 0.4) is 0 Å². The van der Waals surface area contributed by atoms with Crippen LogP contribution >= 0.6 is 0 Å². The molecule has 0 bridgehead atoms. The summed E-state index contributed by atoms with van der Waals surface area (Å²) >= 11 is 0. The lowest BCUT2D eigenvalue weighted by Gasteiger charge is -2.12. The zero-order valence-electron chi connectivity index (χ0n) is 14.0. The van der Waals surface area contributed by atoms with Gasteiger partial charge in [0, 0.05) is 24.8 Å². The Kier molecular flexibility index (Phi) is 6.80. The number of benzene rings is 1. The number of alkyl halides is 3. The summed E-state index contributed by atoms with van der Waals surface area (Å²) in [6, 6.07) is 13.5. The van der Waals surface area contributed by atoms with Gasteiger partial charge in [0.05, 0.1) is 18.7 Å². The predicted molar refractivity (Wildman–Crippen MR) is 93.2 cm³/mol. The van der Waals surface area contributed by atoms with Crippen LogP contribution in [0.15, 0.2) is 53.7 Å². The van der Waals surface area contributed by atoms with Crippen molar-refractivity contribution in [2.45, 2.75) is 26.1 Å². The van der Waals surface area contributed by atoms with E-state index in [-0.39, 0.29) is 6.54 Å². The maximum Gasteiger partial charge on any atom is 0.390 e. The monoisotopic (exact) mass is 350 g/mol. The molecule has 0 aliphatic rings. The zero-order valence-corrected chi connectivity index (χ0v) is 14.0. The number of rotatable bonds is 6. The Hall–Kier alpha value is -2.57. The van der Waals surface area contributed by atoms with Crippen LogP contribution < -0.4 is 10.6 Å². The molecule has 0 amide bonds. The molecule has 4 nitrogen and oxygen atoms in total. The minimum Gasteiger partial charge on any atom is -0.357 e. The van der Waals surface area contributed by atoms with E-state index in [1.165, 1.54) is 0 Å².